The molecule has 88 valence electrons. The largest absolute Gasteiger partial charge is 0.399 e. The van der Waals surface area contributed by atoms with Crippen LogP contribution in [-0.4, -0.2) is 4.98 Å². The maximum absolute atomic E-state index is 5.84. The van der Waals surface area contributed by atoms with E-state index < -0.39 is 0 Å². The second kappa shape index (κ2) is 5.43. The third-order valence-electron chi connectivity index (χ3n) is 2.40. The molecule has 0 saturated carbocycles. The molecule has 17 heavy (non-hydrogen) atoms. The number of benzene rings is 1. The molecule has 0 atom stereocenters. The van der Waals surface area contributed by atoms with Crippen molar-refractivity contribution in [2.45, 2.75) is 17.6 Å². The van der Waals surface area contributed by atoms with Gasteiger partial charge in [0.2, 0.25) is 0 Å². The van der Waals surface area contributed by atoms with Crippen LogP contribution in [0.15, 0.2) is 41.4 Å². The fourth-order valence-corrected chi connectivity index (χ4v) is 2.68. The van der Waals surface area contributed by atoms with E-state index in [0.717, 1.165) is 17.0 Å². The van der Waals surface area contributed by atoms with Crippen molar-refractivity contribution in [1.29, 1.82) is 0 Å². The van der Waals surface area contributed by atoms with Crippen molar-refractivity contribution in [3.63, 3.8) is 0 Å². The van der Waals surface area contributed by atoms with Crippen molar-refractivity contribution in [3.05, 3.63) is 52.8 Å². The quantitative estimate of drug-likeness (QED) is 0.519. The molecule has 4 heteroatoms. The number of aromatic nitrogens is 1. The van der Waals surface area contributed by atoms with Crippen molar-refractivity contribution in [3.8, 4) is 0 Å². The van der Waals surface area contributed by atoms with E-state index in [4.69, 9.17) is 17.3 Å². The van der Waals surface area contributed by atoms with E-state index in [1.807, 2.05) is 30.3 Å². The van der Waals surface area contributed by atoms with Gasteiger partial charge in [0.15, 0.2) is 0 Å². The van der Waals surface area contributed by atoms with Crippen molar-refractivity contribution >= 4 is 29.1 Å². The summed E-state index contributed by atoms with van der Waals surface area (Å²) in [7, 11) is 0. The average Bonchev–Trinajstić information content (AvgIpc) is 2.30. The Bertz CT molecular complexity index is 529. The molecular weight excluding hydrogens is 252 g/mol. The van der Waals surface area contributed by atoms with E-state index in [9.17, 15) is 0 Å². The summed E-state index contributed by atoms with van der Waals surface area (Å²) in [5, 5.41) is 0.535. The summed E-state index contributed by atoms with van der Waals surface area (Å²) in [6, 6.07) is 9.82. The Morgan fingerprint density at radius 2 is 2.12 bits per heavy atom. The van der Waals surface area contributed by atoms with Crippen LogP contribution in [-0.2, 0) is 5.75 Å². The number of rotatable bonds is 3. The van der Waals surface area contributed by atoms with Crippen molar-refractivity contribution in [2.75, 3.05) is 5.73 Å². The normalized spacial score (nSPS) is 10.5. The van der Waals surface area contributed by atoms with Crippen LogP contribution in [0.25, 0.3) is 0 Å². The molecular formula is C13H13ClN2S. The van der Waals surface area contributed by atoms with Crippen molar-refractivity contribution in [1.82, 2.24) is 4.98 Å². The Morgan fingerprint density at radius 1 is 1.29 bits per heavy atom. The van der Waals surface area contributed by atoms with Gasteiger partial charge in [0.05, 0.1) is 0 Å². The predicted molar refractivity (Wildman–Crippen MR) is 74.4 cm³/mol. The summed E-state index contributed by atoms with van der Waals surface area (Å²) < 4.78 is 0. The second-order valence-corrected chi connectivity index (χ2v) is 5.20. The van der Waals surface area contributed by atoms with Gasteiger partial charge in [-0.25, -0.2) is 4.98 Å². The Morgan fingerprint density at radius 3 is 2.88 bits per heavy atom. The lowest BCUT2D eigenvalue weighted by atomic mass is 10.2. The molecule has 1 aromatic heterocycles. The van der Waals surface area contributed by atoms with Crippen LogP contribution in [0.3, 0.4) is 0 Å². The van der Waals surface area contributed by atoms with Gasteiger partial charge < -0.3 is 5.73 Å². The molecule has 1 heterocycles. The van der Waals surface area contributed by atoms with Gasteiger partial charge in [0, 0.05) is 22.5 Å². The van der Waals surface area contributed by atoms with Crippen LogP contribution in [0.1, 0.15) is 11.1 Å². The molecule has 0 saturated heterocycles. The molecule has 2 aromatic rings. The summed E-state index contributed by atoms with van der Waals surface area (Å²) in [4.78, 5) is 5.17. The molecule has 2 nitrogen and oxygen atoms in total. The maximum atomic E-state index is 5.84. The van der Waals surface area contributed by atoms with E-state index in [-0.39, 0.29) is 0 Å². The Labute approximate surface area is 110 Å². The number of nitrogens with two attached hydrogens (primary N) is 1. The topological polar surface area (TPSA) is 38.9 Å². The van der Waals surface area contributed by atoms with E-state index in [1.165, 1.54) is 10.5 Å². The number of nitrogens with zero attached hydrogens (tertiary/aromatic N) is 1. The highest BCUT2D eigenvalue weighted by Gasteiger charge is 2.01. The van der Waals surface area contributed by atoms with E-state index in [1.54, 1.807) is 18.0 Å². The van der Waals surface area contributed by atoms with Gasteiger partial charge in [0.1, 0.15) is 5.15 Å². The number of hydrogen-bond acceptors (Lipinski definition) is 3. The maximum Gasteiger partial charge on any atom is 0.129 e. The lowest BCUT2D eigenvalue weighted by molar-refractivity contribution is 1.26. The molecule has 0 unspecified atom stereocenters. The third-order valence-corrected chi connectivity index (χ3v) is 3.83. The van der Waals surface area contributed by atoms with Crippen LogP contribution in [0, 0.1) is 6.92 Å². The first kappa shape index (κ1) is 12.3. The molecule has 0 aliphatic rings. The fraction of sp³-hybridized carbons (Fsp3) is 0.154. The predicted octanol–water partition coefficient (Wildman–Crippen LogP) is 3.92. The fourth-order valence-electron chi connectivity index (χ4n) is 1.47. The highest BCUT2D eigenvalue weighted by molar-refractivity contribution is 7.98. The van der Waals surface area contributed by atoms with Gasteiger partial charge in [-0.15, -0.1) is 11.8 Å². The standard InChI is InChI=1S/C13H13ClN2S/c1-9-2-3-11(15)7-12(9)17-8-10-4-5-16-13(14)6-10/h2-7H,8,15H2,1H3. The molecule has 0 radical (unpaired) electrons. The van der Waals surface area contributed by atoms with Crippen LogP contribution in [0.5, 0.6) is 0 Å². The average molecular weight is 265 g/mol. The minimum atomic E-state index is 0.535. The van der Waals surface area contributed by atoms with Crippen LogP contribution >= 0.6 is 23.4 Å². The first-order chi connectivity index (χ1) is 8.15. The lowest BCUT2D eigenvalue weighted by Crippen LogP contribution is -1.88. The number of hydrogen-bond donors (Lipinski definition) is 1. The van der Waals surface area contributed by atoms with Crippen molar-refractivity contribution in [2.24, 2.45) is 0 Å². The Hall–Kier alpha value is -1.19. The SMILES string of the molecule is Cc1ccc(N)cc1SCc1ccnc(Cl)c1. The zero-order chi connectivity index (χ0) is 12.3. The van der Waals surface area contributed by atoms with E-state index >= 15 is 0 Å². The number of anilines is 1. The summed E-state index contributed by atoms with van der Waals surface area (Å²) in [5.74, 6) is 0.868. The molecule has 2 N–H and O–H groups in total. The minimum absolute atomic E-state index is 0.535. The van der Waals surface area contributed by atoms with Gasteiger partial charge in [-0.2, -0.15) is 0 Å². The smallest absolute Gasteiger partial charge is 0.129 e. The van der Waals surface area contributed by atoms with Gasteiger partial charge in [0.25, 0.3) is 0 Å². The summed E-state index contributed by atoms with van der Waals surface area (Å²) in [6.07, 6.45) is 1.73. The van der Waals surface area contributed by atoms with Gasteiger partial charge >= 0.3 is 0 Å². The number of nitrogen functional groups attached to an aromatic ring is 1. The zero-order valence-corrected chi connectivity index (χ0v) is 11.1. The van der Waals surface area contributed by atoms with Gasteiger partial charge in [-0.1, -0.05) is 17.7 Å². The molecule has 0 fully saturated rings. The van der Waals surface area contributed by atoms with Crippen molar-refractivity contribution < 1.29 is 0 Å². The summed E-state index contributed by atoms with van der Waals surface area (Å²) >= 11 is 7.60. The van der Waals surface area contributed by atoms with Crippen LogP contribution in [0.2, 0.25) is 5.15 Å². The molecule has 0 aliphatic carbocycles. The Balaban J connectivity index is 2.09. The third kappa shape index (κ3) is 3.38. The first-order valence-electron chi connectivity index (χ1n) is 5.24. The second-order valence-electron chi connectivity index (χ2n) is 3.80. The number of pyridine rings is 1. The summed E-state index contributed by atoms with van der Waals surface area (Å²) in [5.41, 5.74) is 8.98. The monoisotopic (exact) mass is 264 g/mol. The number of thioether (sulfide) groups is 1. The first-order valence-corrected chi connectivity index (χ1v) is 6.61. The highest BCUT2D eigenvalue weighted by Crippen LogP contribution is 2.28. The Kier molecular flexibility index (Phi) is 3.92. The molecule has 0 spiro atoms. The van der Waals surface area contributed by atoms with Crippen LogP contribution in [0.4, 0.5) is 5.69 Å². The molecule has 2 rings (SSSR count). The number of aryl methyl sites for hydroxylation is 1. The molecule has 0 amide bonds. The van der Waals surface area contributed by atoms with E-state index in [0.29, 0.717) is 5.15 Å². The molecule has 1 aromatic carbocycles. The molecule has 0 bridgehead atoms. The lowest BCUT2D eigenvalue weighted by Gasteiger charge is -2.06. The van der Waals surface area contributed by atoms with E-state index in [2.05, 4.69) is 11.9 Å². The molecule has 0 aliphatic heterocycles. The van der Waals surface area contributed by atoms with Gasteiger partial charge in [-0.3, -0.25) is 0 Å². The number of halogens is 1. The zero-order valence-electron chi connectivity index (χ0n) is 9.48. The summed E-state index contributed by atoms with van der Waals surface area (Å²) in [6.45, 7) is 2.08. The van der Waals surface area contributed by atoms with Gasteiger partial charge in [-0.05, 0) is 42.3 Å². The van der Waals surface area contributed by atoms with Crippen LogP contribution < -0.4 is 5.73 Å². The highest BCUT2D eigenvalue weighted by atomic mass is 35.5. The minimum Gasteiger partial charge on any atom is -0.399 e.